The Labute approximate surface area is 116 Å². The van der Waals surface area contributed by atoms with E-state index in [0.29, 0.717) is 0 Å². The van der Waals surface area contributed by atoms with Gasteiger partial charge >= 0.3 is 0 Å². The second-order valence-corrected chi connectivity index (χ2v) is 5.09. The van der Waals surface area contributed by atoms with Gasteiger partial charge in [0.1, 0.15) is 11.6 Å². The molecule has 4 nitrogen and oxygen atoms in total. The van der Waals surface area contributed by atoms with Crippen molar-refractivity contribution in [3.05, 3.63) is 41.6 Å². The minimum atomic E-state index is 0.784. The van der Waals surface area contributed by atoms with Crippen LogP contribution in [0.15, 0.2) is 30.3 Å². The van der Waals surface area contributed by atoms with Crippen LogP contribution in [-0.2, 0) is 6.54 Å². The van der Waals surface area contributed by atoms with E-state index < -0.39 is 0 Å². The number of hydrogen-bond donors (Lipinski definition) is 2. The highest BCUT2D eigenvalue weighted by Gasteiger charge is 2.21. The number of pyridine rings is 1. The largest absolute Gasteiger partial charge is 0.497 e. The van der Waals surface area contributed by atoms with Crippen LogP contribution in [-0.4, -0.2) is 17.1 Å². The topological polar surface area (TPSA) is 49.9 Å². The molecule has 20 heavy (non-hydrogen) atoms. The Bertz CT molecular complexity index is 820. The Morgan fingerprint density at radius 2 is 2.10 bits per heavy atom. The molecule has 0 radical (unpaired) electrons. The number of nitrogens with one attached hydrogen (secondary N) is 2. The highest BCUT2D eigenvalue weighted by Crippen LogP contribution is 2.38. The molecule has 2 aromatic heterocycles. The third kappa shape index (κ3) is 1.51. The molecule has 1 aliphatic heterocycles. The fraction of sp³-hybridized carbons (Fsp3) is 0.188. The molecule has 3 heterocycles. The Hall–Kier alpha value is -2.49. The first kappa shape index (κ1) is 11.3. The van der Waals surface area contributed by atoms with Gasteiger partial charge in [0.25, 0.3) is 0 Å². The molecule has 0 bridgehead atoms. The Morgan fingerprint density at radius 1 is 1.20 bits per heavy atom. The summed E-state index contributed by atoms with van der Waals surface area (Å²) in [5.74, 6) is 1.84. The van der Waals surface area contributed by atoms with E-state index in [1.807, 2.05) is 19.1 Å². The number of aromatic amines is 1. The summed E-state index contributed by atoms with van der Waals surface area (Å²) in [6.07, 6.45) is 0. The molecule has 0 saturated carbocycles. The molecule has 0 aliphatic carbocycles. The highest BCUT2D eigenvalue weighted by atomic mass is 16.5. The van der Waals surface area contributed by atoms with Crippen LogP contribution in [0.25, 0.3) is 22.2 Å². The number of H-pyrrole nitrogens is 1. The van der Waals surface area contributed by atoms with Gasteiger partial charge in [-0.25, -0.2) is 4.98 Å². The van der Waals surface area contributed by atoms with Gasteiger partial charge in [-0.15, -0.1) is 0 Å². The summed E-state index contributed by atoms with van der Waals surface area (Å²) in [7, 11) is 1.69. The number of rotatable bonds is 1. The summed E-state index contributed by atoms with van der Waals surface area (Å²) in [5.41, 5.74) is 5.72. The van der Waals surface area contributed by atoms with Gasteiger partial charge in [0.05, 0.1) is 12.8 Å². The summed E-state index contributed by atoms with van der Waals surface area (Å²) < 4.78 is 5.32. The molecule has 4 rings (SSSR count). The Balaban J connectivity index is 1.99. The predicted molar refractivity (Wildman–Crippen MR) is 80.1 cm³/mol. The lowest BCUT2D eigenvalue weighted by Gasteiger charge is -2.18. The number of nitrogens with zero attached hydrogens (tertiary/aromatic N) is 1. The lowest BCUT2D eigenvalue weighted by atomic mass is 10.0. The molecular weight excluding hydrogens is 250 g/mol. The quantitative estimate of drug-likeness (QED) is 0.708. The normalized spacial score (nSPS) is 12.7. The third-order valence-electron chi connectivity index (χ3n) is 3.85. The van der Waals surface area contributed by atoms with Crippen LogP contribution in [0.5, 0.6) is 5.75 Å². The number of anilines is 1. The van der Waals surface area contributed by atoms with Crippen molar-refractivity contribution in [1.29, 1.82) is 0 Å². The van der Waals surface area contributed by atoms with Crippen molar-refractivity contribution in [2.45, 2.75) is 13.5 Å². The van der Waals surface area contributed by atoms with Crippen LogP contribution in [0.1, 0.15) is 11.3 Å². The van der Waals surface area contributed by atoms with Crippen molar-refractivity contribution in [3.8, 4) is 17.0 Å². The maximum absolute atomic E-state index is 5.32. The number of aryl methyl sites for hydroxylation is 1. The molecule has 0 saturated heterocycles. The lowest BCUT2D eigenvalue weighted by Crippen LogP contribution is -2.09. The second kappa shape index (κ2) is 4.00. The molecule has 4 heteroatoms. The van der Waals surface area contributed by atoms with Crippen LogP contribution in [0.4, 0.5) is 5.82 Å². The van der Waals surface area contributed by atoms with Crippen molar-refractivity contribution in [3.63, 3.8) is 0 Å². The first-order valence-corrected chi connectivity index (χ1v) is 6.67. The number of benzene rings is 1. The molecule has 2 N–H and O–H groups in total. The van der Waals surface area contributed by atoms with E-state index in [4.69, 9.17) is 4.74 Å². The highest BCUT2D eigenvalue weighted by molar-refractivity contribution is 5.95. The van der Waals surface area contributed by atoms with E-state index in [2.05, 4.69) is 33.5 Å². The molecule has 0 unspecified atom stereocenters. The Kier molecular flexibility index (Phi) is 2.27. The van der Waals surface area contributed by atoms with Crippen LogP contribution < -0.4 is 10.1 Å². The fourth-order valence-electron chi connectivity index (χ4n) is 2.83. The first-order chi connectivity index (χ1) is 9.76. The van der Waals surface area contributed by atoms with Crippen molar-refractivity contribution in [2.75, 3.05) is 12.4 Å². The zero-order valence-corrected chi connectivity index (χ0v) is 11.4. The number of aromatic nitrogens is 2. The van der Waals surface area contributed by atoms with Crippen LogP contribution in [0.3, 0.4) is 0 Å². The van der Waals surface area contributed by atoms with Crippen LogP contribution >= 0.6 is 0 Å². The van der Waals surface area contributed by atoms with Gasteiger partial charge in [0.15, 0.2) is 0 Å². The van der Waals surface area contributed by atoms with Gasteiger partial charge in [-0.1, -0.05) is 0 Å². The smallest absolute Gasteiger partial charge is 0.135 e. The fourth-order valence-corrected chi connectivity index (χ4v) is 2.83. The van der Waals surface area contributed by atoms with Gasteiger partial charge in [0, 0.05) is 34.3 Å². The number of hydrogen-bond acceptors (Lipinski definition) is 3. The van der Waals surface area contributed by atoms with Gasteiger partial charge in [-0.3, -0.25) is 0 Å². The van der Waals surface area contributed by atoms with E-state index in [-0.39, 0.29) is 0 Å². The van der Waals surface area contributed by atoms with E-state index in [0.717, 1.165) is 40.6 Å². The SMILES string of the molecule is COc1ccc2[nH]c3c(c2c1)CNc1nc(C)ccc1-3. The van der Waals surface area contributed by atoms with Crippen molar-refractivity contribution in [1.82, 2.24) is 9.97 Å². The predicted octanol–water partition coefficient (Wildman–Crippen LogP) is 3.47. The molecule has 1 aliphatic rings. The van der Waals surface area contributed by atoms with Crippen molar-refractivity contribution >= 4 is 16.7 Å². The number of fused-ring (bicyclic) bond motifs is 5. The maximum atomic E-state index is 5.32. The first-order valence-electron chi connectivity index (χ1n) is 6.67. The monoisotopic (exact) mass is 265 g/mol. The van der Waals surface area contributed by atoms with Gasteiger partial charge in [0.2, 0.25) is 0 Å². The van der Waals surface area contributed by atoms with Crippen molar-refractivity contribution in [2.24, 2.45) is 0 Å². The average Bonchev–Trinajstić information content (AvgIpc) is 2.84. The van der Waals surface area contributed by atoms with Gasteiger partial charge < -0.3 is 15.0 Å². The zero-order chi connectivity index (χ0) is 13.7. The Morgan fingerprint density at radius 3 is 2.95 bits per heavy atom. The molecule has 0 atom stereocenters. The summed E-state index contributed by atoms with van der Waals surface area (Å²) in [6.45, 7) is 2.79. The van der Waals surface area contributed by atoms with Crippen LogP contribution in [0, 0.1) is 6.92 Å². The van der Waals surface area contributed by atoms with E-state index in [9.17, 15) is 0 Å². The minimum absolute atomic E-state index is 0.784. The molecule has 0 fully saturated rings. The molecule has 3 aromatic rings. The average molecular weight is 265 g/mol. The molecular formula is C16H15N3O. The number of ether oxygens (including phenoxy) is 1. The molecule has 0 amide bonds. The third-order valence-corrected chi connectivity index (χ3v) is 3.85. The summed E-state index contributed by atoms with van der Waals surface area (Å²) in [4.78, 5) is 8.07. The molecule has 100 valence electrons. The minimum Gasteiger partial charge on any atom is -0.497 e. The van der Waals surface area contributed by atoms with Crippen molar-refractivity contribution < 1.29 is 4.74 Å². The molecule has 0 spiro atoms. The zero-order valence-electron chi connectivity index (χ0n) is 11.4. The van der Waals surface area contributed by atoms with Gasteiger partial charge in [-0.2, -0.15) is 0 Å². The number of methoxy groups -OCH3 is 1. The van der Waals surface area contributed by atoms with E-state index in [1.54, 1.807) is 7.11 Å². The lowest BCUT2D eigenvalue weighted by molar-refractivity contribution is 0.415. The summed E-state index contributed by atoms with van der Waals surface area (Å²) in [6, 6.07) is 10.3. The standard InChI is InChI=1S/C16H15N3O/c1-9-3-5-11-15-13(8-17-16(11)18-9)12-7-10(20-2)4-6-14(12)19-15/h3-7,19H,8H2,1-2H3,(H,17,18). The van der Waals surface area contributed by atoms with E-state index >= 15 is 0 Å². The second-order valence-electron chi connectivity index (χ2n) is 5.09. The van der Waals surface area contributed by atoms with Gasteiger partial charge in [-0.05, 0) is 37.3 Å². The molecule has 1 aromatic carbocycles. The van der Waals surface area contributed by atoms with E-state index in [1.165, 1.54) is 10.9 Å². The summed E-state index contributed by atoms with van der Waals surface area (Å²) in [5, 5.41) is 4.61. The summed E-state index contributed by atoms with van der Waals surface area (Å²) >= 11 is 0. The maximum Gasteiger partial charge on any atom is 0.135 e. The van der Waals surface area contributed by atoms with Crippen LogP contribution in [0.2, 0.25) is 0 Å².